The normalized spacial score (nSPS) is 13.7. The average Bonchev–Trinajstić information content (AvgIpc) is 3.40. The summed E-state index contributed by atoms with van der Waals surface area (Å²) in [6.07, 6.45) is 6.42. The number of fused-ring (bicyclic) bond motifs is 1. The van der Waals surface area contributed by atoms with Crippen LogP contribution >= 0.6 is 0 Å². The van der Waals surface area contributed by atoms with Gasteiger partial charge in [0.15, 0.2) is 11.5 Å². The van der Waals surface area contributed by atoms with E-state index in [9.17, 15) is 14.7 Å². The first-order chi connectivity index (χ1) is 23.9. The number of aliphatic carboxylic acids is 1. The van der Waals surface area contributed by atoms with Crippen molar-refractivity contribution in [3.8, 4) is 11.9 Å². The summed E-state index contributed by atoms with van der Waals surface area (Å²) in [5.41, 5.74) is 9.24. The van der Waals surface area contributed by atoms with Gasteiger partial charge in [0.2, 0.25) is 5.88 Å². The van der Waals surface area contributed by atoms with Crippen molar-refractivity contribution < 1.29 is 24.1 Å². The van der Waals surface area contributed by atoms with Gasteiger partial charge in [0.1, 0.15) is 5.52 Å². The van der Waals surface area contributed by atoms with E-state index >= 15 is 0 Å². The lowest BCUT2D eigenvalue weighted by molar-refractivity contribution is -0.136. The molecule has 14 heteroatoms. The lowest BCUT2D eigenvalue weighted by atomic mass is 10.1. The number of carboxylic acid groups (broad SMARTS) is 1. The molecule has 0 aliphatic carbocycles. The molecule has 0 saturated carbocycles. The van der Waals surface area contributed by atoms with E-state index in [2.05, 4.69) is 42.7 Å². The number of pyridine rings is 1. The summed E-state index contributed by atoms with van der Waals surface area (Å²) in [5, 5.41) is 9.22. The number of imidazole rings is 1. The number of hydrogen-bond acceptors (Lipinski definition) is 11. The van der Waals surface area contributed by atoms with E-state index < -0.39 is 5.97 Å². The number of rotatable bonds is 20. The summed E-state index contributed by atoms with van der Waals surface area (Å²) in [5.74, 6) is -0.141. The van der Waals surface area contributed by atoms with Crippen LogP contribution in [-0.4, -0.2) is 105 Å². The SMILES string of the molecule is CCCCOc1nc(N)c2[nH]c(=O)n(Cc3ccc(OCCCCN(CCCN4CCOCC4)Cc4cccc(CC(=O)O)c4)nc3)c2n1. The van der Waals surface area contributed by atoms with Crippen molar-refractivity contribution in [3.05, 3.63) is 69.8 Å². The largest absolute Gasteiger partial charge is 0.481 e. The zero-order valence-corrected chi connectivity index (χ0v) is 28.3. The van der Waals surface area contributed by atoms with E-state index in [4.69, 9.17) is 19.9 Å². The highest BCUT2D eigenvalue weighted by Gasteiger charge is 2.16. The van der Waals surface area contributed by atoms with Gasteiger partial charge in [0, 0.05) is 31.9 Å². The summed E-state index contributed by atoms with van der Waals surface area (Å²) < 4.78 is 18.6. The van der Waals surface area contributed by atoms with Crippen molar-refractivity contribution in [1.82, 2.24) is 34.3 Å². The van der Waals surface area contributed by atoms with Gasteiger partial charge in [-0.2, -0.15) is 9.97 Å². The number of morpholine rings is 1. The fraction of sp³-hybridized carbons (Fsp3) is 0.514. The number of hydrogen-bond donors (Lipinski definition) is 3. The van der Waals surface area contributed by atoms with Crippen LogP contribution in [-0.2, 0) is 29.0 Å². The molecule has 5 rings (SSSR count). The molecule has 4 N–H and O–H groups in total. The maximum Gasteiger partial charge on any atom is 0.328 e. The molecule has 4 heterocycles. The number of nitrogens with zero attached hydrogens (tertiary/aromatic N) is 6. The Bertz CT molecular complexity index is 1690. The van der Waals surface area contributed by atoms with Crippen molar-refractivity contribution in [3.63, 3.8) is 0 Å². The van der Waals surface area contributed by atoms with E-state index in [1.165, 1.54) is 4.57 Å². The first-order valence-corrected chi connectivity index (χ1v) is 17.2. The highest BCUT2D eigenvalue weighted by molar-refractivity contribution is 5.82. The number of aromatic nitrogens is 5. The Morgan fingerprint density at radius 3 is 2.59 bits per heavy atom. The Labute approximate surface area is 286 Å². The van der Waals surface area contributed by atoms with Crippen LogP contribution < -0.4 is 20.9 Å². The Kier molecular flexibility index (Phi) is 13.4. The molecule has 0 bridgehead atoms. The Morgan fingerprint density at radius 1 is 1.02 bits per heavy atom. The van der Waals surface area contributed by atoms with Crippen LogP contribution in [0, 0.1) is 0 Å². The molecule has 1 fully saturated rings. The molecule has 264 valence electrons. The second-order valence-electron chi connectivity index (χ2n) is 12.3. The number of H-pyrrole nitrogens is 1. The lowest BCUT2D eigenvalue weighted by Crippen LogP contribution is -2.38. The monoisotopic (exact) mass is 676 g/mol. The Hall–Kier alpha value is -4.53. The standard InChI is InChI=1S/C35H48N8O6/c1-2-3-17-49-34-39-32(36)31-33(40-34)43(35(46)38-31)25-28-10-11-29(37-23-28)48-18-5-4-12-42(14-7-13-41-15-19-47-20-16-41)24-27-9-6-8-26(21-27)22-30(44)45/h6,8-11,21,23H,2-5,7,12-20,22,24-25H2,1H3,(H,38,46)(H,44,45)(H2,36,39,40). The van der Waals surface area contributed by atoms with Crippen molar-refractivity contribution in [2.45, 2.75) is 58.5 Å². The number of aromatic amines is 1. The molecule has 1 saturated heterocycles. The molecular weight excluding hydrogens is 628 g/mol. The summed E-state index contributed by atoms with van der Waals surface area (Å²) in [7, 11) is 0. The highest BCUT2D eigenvalue weighted by atomic mass is 16.5. The zero-order valence-electron chi connectivity index (χ0n) is 28.3. The molecule has 0 atom stereocenters. The molecule has 4 aromatic rings. The number of unbranched alkanes of at least 4 members (excludes halogenated alkanes) is 2. The molecule has 1 aromatic carbocycles. The maximum absolute atomic E-state index is 12.7. The third kappa shape index (κ3) is 11.0. The Morgan fingerprint density at radius 2 is 1.82 bits per heavy atom. The number of nitrogen functional groups attached to an aromatic ring is 1. The number of nitrogens with one attached hydrogen (secondary N) is 1. The van der Waals surface area contributed by atoms with Gasteiger partial charge in [-0.3, -0.25) is 19.2 Å². The molecule has 3 aromatic heterocycles. The van der Waals surface area contributed by atoms with Gasteiger partial charge in [-0.15, -0.1) is 0 Å². The first-order valence-electron chi connectivity index (χ1n) is 17.2. The van der Waals surface area contributed by atoms with E-state index in [0.717, 1.165) is 101 Å². The summed E-state index contributed by atoms with van der Waals surface area (Å²) >= 11 is 0. The quantitative estimate of drug-likeness (QED) is 0.117. The predicted octanol–water partition coefficient (Wildman–Crippen LogP) is 3.33. The van der Waals surface area contributed by atoms with Crippen LogP contribution in [0.15, 0.2) is 47.4 Å². The molecule has 0 radical (unpaired) electrons. The number of carboxylic acids is 1. The molecule has 0 spiro atoms. The van der Waals surface area contributed by atoms with Crippen LogP contribution in [0.2, 0.25) is 0 Å². The average molecular weight is 677 g/mol. The zero-order chi connectivity index (χ0) is 34.4. The van der Waals surface area contributed by atoms with Gasteiger partial charge in [-0.25, -0.2) is 9.78 Å². The fourth-order valence-electron chi connectivity index (χ4n) is 5.82. The van der Waals surface area contributed by atoms with Gasteiger partial charge in [-0.1, -0.05) is 43.7 Å². The second-order valence-corrected chi connectivity index (χ2v) is 12.3. The van der Waals surface area contributed by atoms with Crippen LogP contribution in [0.1, 0.15) is 55.7 Å². The van der Waals surface area contributed by atoms with Gasteiger partial charge < -0.3 is 30.0 Å². The van der Waals surface area contributed by atoms with E-state index in [0.29, 0.717) is 30.3 Å². The van der Waals surface area contributed by atoms with Gasteiger partial charge >= 0.3 is 17.7 Å². The second kappa shape index (κ2) is 18.3. The van der Waals surface area contributed by atoms with Crippen LogP contribution in [0.3, 0.4) is 0 Å². The van der Waals surface area contributed by atoms with E-state index in [1.807, 2.05) is 24.3 Å². The van der Waals surface area contributed by atoms with E-state index in [-0.39, 0.29) is 30.5 Å². The first kappa shape index (κ1) is 35.8. The Balaban J connectivity index is 1.11. The predicted molar refractivity (Wildman–Crippen MR) is 186 cm³/mol. The molecule has 1 aliphatic heterocycles. The van der Waals surface area contributed by atoms with Gasteiger partial charge in [-0.05, 0) is 62.0 Å². The maximum atomic E-state index is 12.7. The van der Waals surface area contributed by atoms with Crippen molar-refractivity contribution in [1.29, 1.82) is 0 Å². The topological polar surface area (TPSA) is 174 Å². The third-order valence-corrected chi connectivity index (χ3v) is 8.42. The van der Waals surface area contributed by atoms with Gasteiger partial charge in [0.05, 0.1) is 39.4 Å². The molecule has 14 nitrogen and oxygen atoms in total. The molecule has 0 amide bonds. The molecular formula is C35H48N8O6. The molecule has 0 unspecified atom stereocenters. The van der Waals surface area contributed by atoms with Crippen LogP contribution in [0.25, 0.3) is 11.2 Å². The van der Waals surface area contributed by atoms with E-state index in [1.54, 1.807) is 12.3 Å². The van der Waals surface area contributed by atoms with Crippen molar-refractivity contribution in [2.75, 3.05) is 64.9 Å². The number of anilines is 1. The highest BCUT2D eigenvalue weighted by Crippen LogP contribution is 2.19. The molecule has 49 heavy (non-hydrogen) atoms. The fourth-order valence-corrected chi connectivity index (χ4v) is 5.82. The summed E-state index contributed by atoms with van der Waals surface area (Å²) in [6.45, 7) is 10.5. The van der Waals surface area contributed by atoms with Crippen LogP contribution in [0.5, 0.6) is 11.9 Å². The smallest absolute Gasteiger partial charge is 0.328 e. The van der Waals surface area contributed by atoms with Crippen molar-refractivity contribution in [2.24, 2.45) is 0 Å². The number of benzene rings is 1. The summed E-state index contributed by atoms with van der Waals surface area (Å²) in [4.78, 5) is 44.7. The summed E-state index contributed by atoms with van der Waals surface area (Å²) in [6, 6.07) is 11.7. The minimum absolute atomic E-state index is 0.0261. The minimum Gasteiger partial charge on any atom is -0.481 e. The number of ether oxygens (including phenoxy) is 3. The van der Waals surface area contributed by atoms with Gasteiger partial charge in [0.25, 0.3) is 0 Å². The number of carbonyl (C=O) groups is 1. The molecule has 1 aliphatic rings. The lowest BCUT2D eigenvalue weighted by Gasteiger charge is -2.28. The number of nitrogens with two attached hydrogens (primary N) is 1. The van der Waals surface area contributed by atoms with Crippen LogP contribution in [0.4, 0.5) is 5.82 Å². The third-order valence-electron chi connectivity index (χ3n) is 8.42. The minimum atomic E-state index is -0.823. The van der Waals surface area contributed by atoms with Crippen molar-refractivity contribution >= 4 is 23.0 Å².